The van der Waals surface area contributed by atoms with E-state index in [0.717, 1.165) is 11.3 Å². The Hall–Kier alpha value is -2.60. The highest BCUT2D eigenvalue weighted by Crippen LogP contribution is 2.27. The highest BCUT2D eigenvalue weighted by atomic mass is 16.5. The minimum absolute atomic E-state index is 0.133. The second-order valence-corrected chi connectivity index (χ2v) is 5.02. The number of amides is 1. The van der Waals surface area contributed by atoms with E-state index in [1.807, 2.05) is 18.2 Å². The van der Waals surface area contributed by atoms with Gasteiger partial charge in [0.25, 0.3) is 5.91 Å². The summed E-state index contributed by atoms with van der Waals surface area (Å²) >= 11 is 0. The van der Waals surface area contributed by atoms with E-state index in [9.17, 15) is 4.79 Å². The first-order chi connectivity index (χ1) is 11.3. The summed E-state index contributed by atoms with van der Waals surface area (Å²) in [5.74, 6) is 0.985. The quantitative estimate of drug-likeness (QED) is 0.854. The summed E-state index contributed by atoms with van der Waals surface area (Å²) in [6.45, 7) is 1.92. The maximum atomic E-state index is 12.1. The molecule has 6 nitrogen and oxygen atoms in total. The molecule has 120 valence electrons. The lowest BCUT2D eigenvalue weighted by Gasteiger charge is -2.09. The maximum absolute atomic E-state index is 12.1. The largest absolute Gasteiger partial charge is 0.491 e. The number of nitrogens with one attached hydrogen (secondary N) is 1. The number of hydrogen-bond acceptors (Lipinski definition) is 5. The predicted molar refractivity (Wildman–Crippen MR) is 84.9 cm³/mol. The van der Waals surface area contributed by atoms with Gasteiger partial charge in [0, 0.05) is 18.7 Å². The molecule has 6 heteroatoms. The number of hydrogen-bond donors (Lipinski definition) is 1. The third-order valence-corrected chi connectivity index (χ3v) is 3.43. The number of ether oxygens (including phenoxy) is 3. The van der Waals surface area contributed by atoms with Crippen molar-refractivity contribution in [3.63, 3.8) is 0 Å². The molecule has 0 saturated carbocycles. The molecule has 0 atom stereocenters. The minimum atomic E-state index is -0.133. The molecular formula is C17H18N2O4. The van der Waals surface area contributed by atoms with E-state index in [1.54, 1.807) is 25.3 Å². The van der Waals surface area contributed by atoms with Gasteiger partial charge in [0.1, 0.15) is 19.0 Å². The van der Waals surface area contributed by atoms with E-state index in [0.29, 0.717) is 43.6 Å². The molecule has 1 aliphatic rings. The first-order valence-corrected chi connectivity index (χ1v) is 7.42. The van der Waals surface area contributed by atoms with Crippen molar-refractivity contribution < 1.29 is 19.0 Å². The van der Waals surface area contributed by atoms with Crippen molar-refractivity contribution in [2.45, 2.75) is 0 Å². The van der Waals surface area contributed by atoms with Gasteiger partial charge in [0.2, 0.25) is 5.88 Å². The second kappa shape index (κ2) is 7.11. The van der Waals surface area contributed by atoms with Crippen LogP contribution in [0.3, 0.4) is 0 Å². The SMILES string of the molecule is COCCOc1cccc(-c2ccc3c(c2)C(=O)NCCO3)n1. The number of carbonyl (C=O) groups excluding carboxylic acids is 1. The van der Waals surface area contributed by atoms with E-state index in [4.69, 9.17) is 14.2 Å². The topological polar surface area (TPSA) is 69.7 Å². The molecule has 0 saturated heterocycles. The average Bonchev–Trinajstić information content (AvgIpc) is 2.77. The highest BCUT2D eigenvalue weighted by Gasteiger charge is 2.17. The standard InChI is InChI=1S/C17H18N2O4/c1-21-9-10-23-16-4-2-3-14(19-16)12-5-6-15-13(11-12)17(20)18-7-8-22-15/h2-6,11H,7-10H2,1H3,(H,18,20). The van der Waals surface area contributed by atoms with Crippen molar-refractivity contribution >= 4 is 5.91 Å². The number of benzene rings is 1. The maximum Gasteiger partial charge on any atom is 0.255 e. The molecule has 0 radical (unpaired) electrons. The van der Waals surface area contributed by atoms with E-state index in [1.165, 1.54) is 0 Å². The van der Waals surface area contributed by atoms with Gasteiger partial charge in [0.05, 0.1) is 24.4 Å². The monoisotopic (exact) mass is 314 g/mol. The van der Waals surface area contributed by atoms with E-state index < -0.39 is 0 Å². The summed E-state index contributed by atoms with van der Waals surface area (Å²) in [7, 11) is 1.62. The first-order valence-electron chi connectivity index (χ1n) is 7.42. The Morgan fingerprint density at radius 3 is 3.04 bits per heavy atom. The van der Waals surface area contributed by atoms with Crippen LogP contribution in [0.5, 0.6) is 11.6 Å². The molecule has 23 heavy (non-hydrogen) atoms. The molecule has 0 aliphatic carbocycles. The average molecular weight is 314 g/mol. The number of rotatable bonds is 5. The van der Waals surface area contributed by atoms with Crippen LogP contribution in [-0.4, -0.2) is 44.4 Å². The van der Waals surface area contributed by atoms with Crippen molar-refractivity contribution in [2.75, 3.05) is 33.5 Å². The summed E-state index contributed by atoms with van der Waals surface area (Å²) in [4.78, 5) is 16.5. The van der Waals surface area contributed by atoms with Crippen molar-refractivity contribution in [1.29, 1.82) is 0 Å². The number of methoxy groups -OCH3 is 1. The molecule has 1 aromatic heterocycles. The van der Waals surface area contributed by atoms with Crippen LogP contribution in [0.2, 0.25) is 0 Å². The van der Waals surface area contributed by atoms with Gasteiger partial charge in [0.15, 0.2) is 0 Å². The van der Waals surface area contributed by atoms with Gasteiger partial charge in [-0.3, -0.25) is 4.79 Å². The fourth-order valence-corrected chi connectivity index (χ4v) is 2.30. The van der Waals surface area contributed by atoms with Crippen LogP contribution in [0, 0.1) is 0 Å². The Bertz CT molecular complexity index is 703. The molecular weight excluding hydrogens is 296 g/mol. The molecule has 3 rings (SSSR count). The van der Waals surface area contributed by atoms with Gasteiger partial charge >= 0.3 is 0 Å². The summed E-state index contributed by atoms with van der Waals surface area (Å²) in [6, 6.07) is 11.0. The highest BCUT2D eigenvalue weighted by molar-refractivity contribution is 5.98. The molecule has 1 aromatic carbocycles. The molecule has 1 aliphatic heterocycles. The Kier molecular flexibility index (Phi) is 4.73. The Morgan fingerprint density at radius 1 is 1.26 bits per heavy atom. The van der Waals surface area contributed by atoms with Gasteiger partial charge in [-0.05, 0) is 24.3 Å². The minimum Gasteiger partial charge on any atom is -0.491 e. The summed E-state index contributed by atoms with van der Waals surface area (Å²) in [5.41, 5.74) is 2.09. The fraction of sp³-hybridized carbons (Fsp3) is 0.294. The molecule has 0 spiro atoms. The molecule has 0 bridgehead atoms. The number of nitrogens with zero attached hydrogens (tertiary/aromatic N) is 1. The lowest BCUT2D eigenvalue weighted by atomic mass is 10.1. The van der Waals surface area contributed by atoms with Crippen LogP contribution >= 0.6 is 0 Å². The van der Waals surface area contributed by atoms with E-state index >= 15 is 0 Å². The van der Waals surface area contributed by atoms with Crippen molar-refractivity contribution in [3.05, 3.63) is 42.0 Å². The van der Waals surface area contributed by atoms with Gasteiger partial charge < -0.3 is 19.5 Å². The van der Waals surface area contributed by atoms with Crippen molar-refractivity contribution in [2.24, 2.45) is 0 Å². The summed E-state index contributed by atoms with van der Waals surface area (Å²) in [6.07, 6.45) is 0. The number of fused-ring (bicyclic) bond motifs is 1. The number of aromatic nitrogens is 1. The zero-order valence-electron chi connectivity index (χ0n) is 12.9. The fourth-order valence-electron chi connectivity index (χ4n) is 2.30. The Morgan fingerprint density at radius 2 is 2.17 bits per heavy atom. The zero-order valence-corrected chi connectivity index (χ0v) is 12.9. The third-order valence-electron chi connectivity index (χ3n) is 3.43. The molecule has 2 heterocycles. The van der Waals surface area contributed by atoms with Crippen LogP contribution in [0.25, 0.3) is 11.3 Å². The molecule has 1 amide bonds. The first kappa shape index (κ1) is 15.3. The number of pyridine rings is 1. The van der Waals surface area contributed by atoms with Crippen molar-refractivity contribution in [3.8, 4) is 22.9 Å². The molecule has 1 N–H and O–H groups in total. The Labute approximate surface area is 134 Å². The van der Waals surface area contributed by atoms with E-state index in [-0.39, 0.29) is 5.91 Å². The van der Waals surface area contributed by atoms with Crippen LogP contribution in [0.4, 0.5) is 0 Å². The normalized spacial score (nSPS) is 13.5. The van der Waals surface area contributed by atoms with Crippen LogP contribution < -0.4 is 14.8 Å². The molecule has 2 aromatic rings. The van der Waals surface area contributed by atoms with Gasteiger partial charge in [-0.15, -0.1) is 0 Å². The summed E-state index contributed by atoms with van der Waals surface area (Å²) < 4.78 is 16.0. The van der Waals surface area contributed by atoms with Crippen LogP contribution in [-0.2, 0) is 4.74 Å². The van der Waals surface area contributed by atoms with Crippen LogP contribution in [0.1, 0.15) is 10.4 Å². The smallest absolute Gasteiger partial charge is 0.255 e. The van der Waals surface area contributed by atoms with Gasteiger partial charge in [-0.1, -0.05) is 6.07 Å². The van der Waals surface area contributed by atoms with Gasteiger partial charge in [-0.2, -0.15) is 0 Å². The molecule has 0 unspecified atom stereocenters. The lowest BCUT2D eigenvalue weighted by Crippen LogP contribution is -2.24. The van der Waals surface area contributed by atoms with E-state index in [2.05, 4.69) is 10.3 Å². The predicted octanol–water partition coefficient (Wildman–Crippen LogP) is 1.90. The Balaban J connectivity index is 1.87. The lowest BCUT2D eigenvalue weighted by molar-refractivity contribution is 0.0957. The number of carbonyl (C=O) groups is 1. The molecule has 0 fully saturated rings. The van der Waals surface area contributed by atoms with Gasteiger partial charge in [-0.25, -0.2) is 4.98 Å². The third kappa shape index (κ3) is 3.60. The van der Waals surface area contributed by atoms with Crippen LogP contribution in [0.15, 0.2) is 36.4 Å². The zero-order chi connectivity index (χ0) is 16.1. The second-order valence-electron chi connectivity index (χ2n) is 5.02. The summed E-state index contributed by atoms with van der Waals surface area (Å²) in [5, 5.41) is 2.80. The van der Waals surface area contributed by atoms with Crippen molar-refractivity contribution in [1.82, 2.24) is 10.3 Å².